The highest BCUT2D eigenvalue weighted by atomic mass is 16.6. The maximum Gasteiger partial charge on any atom is 0.308 e. The molecule has 0 spiro atoms. The van der Waals surface area contributed by atoms with E-state index in [0.717, 1.165) is 0 Å². The molecule has 29 heavy (non-hydrogen) atoms. The molecule has 10 heteroatoms. The van der Waals surface area contributed by atoms with E-state index in [1.807, 2.05) is 0 Å². The summed E-state index contributed by atoms with van der Waals surface area (Å²) >= 11 is 0. The summed E-state index contributed by atoms with van der Waals surface area (Å²) in [5.74, 6) is -1.26. The van der Waals surface area contributed by atoms with E-state index in [2.05, 4.69) is 5.32 Å². The Hall–Kier alpha value is -3.17. The van der Waals surface area contributed by atoms with Crippen LogP contribution in [0.15, 0.2) is 24.3 Å². The van der Waals surface area contributed by atoms with Crippen molar-refractivity contribution in [2.24, 2.45) is 5.92 Å². The van der Waals surface area contributed by atoms with E-state index < -0.39 is 10.9 Å². The fraction of sp³-hybridized carbons (Fsp3) is 0.526. The van der Waals surface area contributed by atoms with Crippen molar-refractivity contribution in [1.29, 1.82) is 0 Å². The number of esters is 2. The third-order valence-corrected chi connectivity index (χ3v) is 4.71. The van der Waals surface area contributed by atoms with Crippen LogP contribution >= 0.6 is 0 Å². The summed E-state index contributed by atoms with van der Waals surface area (Å²) < 4.78 is 9.72. The Labute approximate surface area is 168 Å². The molecule has 1 aliphatic rings. The quantitative estimate of drug-likeness (QED) is 0.284. The number of hydrogen-bond acceptors (Lipinski definition) is 8. The molecular formula is C19H25N3O7. The number of rotatable bonds is 9. The lowest BCUT2D eigenvalue weighted by Gasteiger charge is -2.30. The Morgan fingerprint density at radius 3 is 2.59 bits per heavy atom. The molecular weight excluding hydrogens is 382 g/mol. The van der Waals surface area contributed by atoms with Crippen LogP contribution in [-0.2, 0) is 23.9 Å². The van der Waals surface area contributed by atoms with Crippen molar-refractivity contribution in [3.05, 3.63) is 34.4 Å². The Bertz CT molecular complexity index is 745. The second kappa shape index (κ2) is 11.0. The first-order chi connectivity index (χ1) is 13.9. The van der Waals surface area contributed by atoms with E-state index in [-0.39, 0.29) is 36.5 Å². The number of nitro benzene ring substituents is 1. The van der Waals surface area contributed by atoms with Crippen molar-refractivity contribution < 1.29 is 28.8 Å². The van der Waals surface area contributed by atoms with Crippen LogP contribution in [0, 0.1) is 16.0 Å². The highest BCUT2D eigenvalue weighted by Crippen LogP contribution is 2.23. The third kappa shape index (κ3) is 6.74. The lowest BCUT2D eigenvalue weighted by atomic mass is 9.97. The molecule has 2 rings (SSSR count). The molecule has 158 valence electrons. The molecule has 0 unspecified atom stereocenters. The molecule has 1 saturated heterocycles. The molecule has 0 aliphatic carbocycles. The van der Waals surface area contributed by atoms with Crippen LogP contribution in [0.25, 0.3) is 0 Å². The van der Waals surface area contributed by atoms with Crippen LogP contribution in [-0.4, -0.2) is 61.0 Å². The van der Waals surface area contributed by atoms with Gasteiger partial charge in [-0.2, -0.15) is 0 Å². The highest BCUT2D eigenvalue weighted by molar-refractivity contribution is 5.81. The van der Waals surface area contributed by atoms with Crippen LogP contribution in [0.1, 0.15) is 25.7 Å². The van der Waals surface area contributed by atoms with Gasteiger partial charge in [-0.25, -0.2) is 0 Å². The number of nitro groups is 1. The first-order valence-electron chi connectivity index (χ1n) is 9.41. The van der Waals surface area contributed by atoms with E-state index in [0.29, 0.717) is 44.6 Å². The second-order valence-electron chi connectivity index (χ2n) is 6.64. The summed E-state index contributed by atoms with van der Waals surface area (Å²) in [7, 11) is 1.34. The Balaban J connectivity index is 1.63. The summed E-state index contributed by atoms with van der Waals surface area (Å²) in [6, 6.07) is 6.26. The smallest absolute Gasteiger partial charge is 0.308 e. The number of hydrogen-bond donors (Lipinski definition) is 1. The van der Waals surface area contributed by atoms with Crippen molar-refractivity contribution in [3.63, 3.8) is 0 Å². The van der Waals surface area contributed by atoms with E-state index in [1.54, 1.807) is 23.1 Å². The standard InChI is InChI=1S/C19H25N3O7/c1-28-19(25)14-8-11-21(12-9-14)17(23)13-29-18(24)7-4-10-20-15-5-2-3-6-16(15)22(26)27/h2-3,5-6,14,20H,4,7-13H2,1H3. The van der Waals surface area contributed by atoms with E-state index in [1.165, 1.54) is 13.2 Å². The van der Waals surface area contributed by atoms with Crippen LogP contribution in [0.5, 0.6) is 0 Å². The second-order valence-corrected chi connectivity index (χ2v) is 6.64. The van der Waals surface area contributed by atoms with Gasteiger partial charge >= 0.3 is 11.9 Å². The number of nitrogens with one attached hydrogen (secondary N) is 1. The maximum absolute atomic E-state index is 12.1. The molecule has 1 aromatic rings. The number of piperidine rings is 1. The van der Waals surface area contributed by atoms with Crippen molar-refractivity contribution in [1.82, 2.24) is 4.90 Å². The minimum Gasteiger partial charge on any atom is -0.469 e. The molecule has 10 nitrogen and oxygen atoms in total. The fourth-order valence-corrected chi connectivity index (χ4v) is 3.08. The number of methoxy groups -OCH3 is 1. The van der Waals surface area contributed by atoms with E-state index in [4.69, 9.17) is 9.47 Å². The number of amides is 1. The van der Waals surface area contributed by atoms with Crippen LogP contribution in [0.2, 0.25) is 0 Å². The monoisotopic (exact) mass is 407 g/mol. The van der Waals surface area contributed by atoms with Gasteiger partial charge in [-0.15, -0.1) is 0 Å². The average molecular weight is 407 g/mol. The topological polar surface area (TPSA) is 128 Å². The van der Waals surface area contributed by atoms with Crippen LogP contribution < -0.4 is 5.32 Å². The number of anilines is 1. The first-order valence-corrected chi connectivity index (χ1v) is 9.41. The van der Waals surface area contributed by atoms with Crippen molar-refractivity contribution in [3.8, 4) is 0 Å². The Morgan fingerprint density at radius 2 is 1.93 bits per heavy atom. The number of para-hydroxylation sites is 2. The average Bonchev–Trinajstić information content (AvgIpc) is 2.74. The zero-order chi connectivity index (χ0) is 21.2. The van der Waals surface area contributed by atoms with Crippen molar-refractivity contribution in [2.75, 3.05) is 38.7 Å². The molecule has 1 heterocycles. The van der Waals surface area contributed by atoms with Gasteiger partial charge in [0.05, 0.1) is 18.0 Å². The van der Waals surface area contributed by atoms with Gasteiger partial charge in [0.2, 0.25) is 0 Å². The molecule has 1 aliphatic heterocycles. The predicted molar refractivity (Wildman–Crippen MR) is 103 cm³/mol. The van der Waals surface area contributed by atoms with E-state index >= 15 is 0 Å². The SMILES string of the molecule is COC(=O)C1CCN(C(=O)COC(=O)CCCNc2ccccc2[N+](=O)[O-])CC1. The van der Waals surface area contributed by atoms with Crippen LogP contribution in [0.4, 0.5) is 11.4 Å². The number of benzene rings is 1. The van der Waals surface area contributed by atoms with Gasteiger partial charge in [0.1, 0.15) is 5.69 Å². The van der Waals surface area contributed by atoms with E-state index in [9.17, 15) is 24.5 Å². The number of nitrogens with zero attached hydrogens (tertiary/aromatic N) is 2. The molecule has 0 radical (unpaired) electrons. The van der Waals surface area contributed by atoms with Gasteiger partial charge < -0.3 is 19.7 Å². The summed E-state index contributed by atoms with van der Waals surface area (Å²) in [6.45, 7) is 0.875. The van der Waals surface area contributed by atoms with Gasteiger partial charge in [0.15, 0.2) is 6.61 Å². The summed E-state index contributed by atoms with van der Waals surface area (Å²) in [6.07, 6.45) is 1.56. The molecule has 0 bridgehead atoms. The number of carbonyl (C=O) groups excluding carboxylic acids is 3. The molecule has 1 N–H and O–H groups in total. The third-order valence-electron chi connectivity index (χ3n) is 4.71. The van der Waals surface area contributed by atoms with Crippen molar-refractivity contribution in [2.45, 2.75) is 25.7 Å². The number of ether oxygens (including phenoxy) is 2. The number of carbonyl (C=O) groups is 3. The first kappa shape index (κ1) is 22.1. The minimum atomic E-state index is -0.507. The highest BCUT2D eigenvalue weighted by Gasteiger charge is 2.28. The molecule has 1 amide bonds. The molecule has 0 aromatic heterocycles. The molecule has 1 aromatic carbocycles. The Kier molecular flexibility index (Phi) is 8.38. The maximum atomic E-state index is 12.1. The zero-order valence-corrected chi connectivity index (χ0v) is 16.3. The molecule has 0 saturated carbocycles. The number of likely N-dealkylation sites (tertiary alicyclic amines) is 1. The van der Waals surface area contributed by atoms with Crippen molar-refractivity contribution >= 4 is 29.2 Å². The zero-order valence-electron chi connectivity index (χ0n) is 16.3. The van der Waals surface area contributed by atoms with Crippen LogP contribution in [0.3, 0.4) is 0 Å². The van der Waals surface area contributed by atoms with Gasteiger partial charge in [0, 0.05) is 32.1 Å². The molecule has 1 fully saturated rings. The minimum absolute atomic E-state index is 0.0309. The Morgan fingerprint density at radius 1 is 1.24 bits per heavy atom. The van der Waals surface area contributed by atoms with Gasteiger partial charge in [0.25, 0.3) is 11.6 Å². The summed E-state index contributed by atoms with van der Waals surface area (Å²) in [5.41, 5.74) is 0.355. The van der Waals surface area contributed by atoms with Gasteiger partial charge in [-0.05, 0) is 25.3 Å². The lowest BCUT2D eigenvalue weighted by molar-refractivity contribution is -0.384. The molecule has 0 atom stereocenters. The van der Waals surface area contributed by atoms with Gasteiger partial charge in [-0.3, -0.25) is 24.5 Å². The largest absolute Gasteiger partial charge is 0.469 e. The summed E-state index contributed by atoms with van der Waals surface area (Å²) in [4.78, 5) is 47.5. The lowest BCUT2D eigenvalue weighted by Crippen LogP contribution is -2.42. The fourth-order valence-electron chi connectivity index (χ4n) is 3.08. The van der Waals surface area contributed by atoms with Gasteiger partial charge in [-0.1, -0.05) is 12.1 Å². The summed E-state index contributed by atoms with van der Waals surface area (Å²) in [5, 5.41) is 13.9. The predicted octanol–water partition coefficient (Wildman–Crippen LogP) is 1.74. The normalized spacial score (nSPS) is 14.2.